The van der Waals surface area contributed by atoms with E-state index in [1.54, 1.807) is 0 Å². The Morgan fingerprint density at radius 3 is 2.64 bits per heavy atom. The van der Waals surface area contributed by atoms with Crippen molar-refractivity contribution in [1.29, 1.82) is 0 Å². The predicted octanol–water partition coefficient (Wildman–Crippen LogP) is 3.51. The smallest absolute Gasteiger partial charge is 0.287 e. The molecule has 0 atom stereocenters. The molecule has 28 heavy (non-hydrogen) atoms. The molecule has 6 nitrogen and oxygen atoms in total. The molecule has 4 rings (SSSR count). The molecule has 6 heteroatoms. The predicted molar refractivity (Wildman–Crippen MR) is 108 cm³/mol. The summed E-state index contributed by atoms with van der Waals surface area (Å²) >= 11 is 0. The Hall–Kier alpha value is -2.11. The largest absolute Gasteiger partial charge is 0.349 e. The molecule has 0 unspecified atom stereocenters. The Balaban J connectivity index is 1.43. The average molecular weight is 385 g/mol. The first kappa shape index (κ1) is 19.2. The summed E-state index contributed by atoms with van der Waals surface area (Å²) in [6, 6.07) is 0.259. The number of allylic oxidation sites excluding steroid dienone is 1. The minimum atomic E-state index is -0.153. The second-order valence-electron chi connectivity index (χ2n) is 8.41. The molecule has 3 aliphatic rings. The summed E-state index contributed by atoms with van der Waals surface area (Å²) in [6.45, 7) is 1.41. The van der Waals surface area contributed by atoms with Crippen molar-refractivity contribution in [2.45, 2.75) is 89.6 Å². The van der Waals surface area contributed by atoms with Crippen LogP contribution in [0.15, 0.2) is 11.6 Å². The maximum absolute atomic E-state index is 12.8. The zero-order valence-corrected chi connectivity index (χ0v) is 16.8. The van der Waals surface area contributed by atoms with Gasteiger partial charge in [0.05, 0.1) is 5.69 Å². The maximum atomic E-state index is 12.8. The molecule has 1 saturated carbocycles. The van der Waals surface area contributed by atoms with Crippen molar-refractivity contribution in [3.05, 3.63) is 28.9 Å². The monoisotopic (exact) mass is 384 g/mol. The lowest BCUT2D eigenvalue weighted by Gasteiger charge is -2.18. The number of nitrogens with one attached hydrogen (secondary N) is 2. The number of rotatable bonds is 6. The molecule has 1 aliphatic heterocycles. The summed E-state index contributed by atoms with van der Waals surface area (Å²) in [5.41, 5.74) is 2.85. The molecule has 1 aromatic heterocycles. The lowest BCUT2D eigenvalue weighted by Crippen LogP contribution is -2.33. The number of fused-ring (bicyclic) bond motifs is 1. The zero-order valence-electron chi connectivity index (χ0n) is 16.8. The summed E-state index contributed by atoms with van der Waals surface area (Å²) in [7, 11) is 0. The number of amides is 2. The molecule has 0 bridgehead atoms. The molecule has 152 valence electrons. The van der Waals surface area contributed by atoms with Crippen LogP contribution in [0.4, 0.5) is 0 Å². The van der Waals surface area contributed by atoms with E-state index in [1.165, 1.54) is 31.3 Å². The highest BCUT2D eigenvalue weighted by atomic mass is 16.2. The minimum Gasteiger partial charge on any atom is -0.349 e. The first-order chi connectivity index (χ1) is 13.7. The van der Waals surface area contributed by atoms with Crippen molar-refractivity contribution >= 4 is 11.8 Å². The summed E-state index contributed by atoms with van der Waals surface area (Å²) in [5, 5.41) is 6.16. The number of aromatic nitrogens is 2. The first-order valence-electron chi connectivity index (χ1n) is 11.1. The SMILES string of the molecule is O=C(NC1CCCC1)c1nc(C(=O)NCCC2=CCCCC2)n2c1CCCC2. The van der Waals surface area contributed by atoms with Crippen LogP contribution in [-0.4, -0.2) is 34.0 Å². The summed E-state index contributed by atoms with van der Waals surface area (Å²) < 4.78 is 1.97. The van der Waals surface area contributed by atoms with Gasteiger partial charge in [-0.05, 0) is 64.2 Å². The van der Waals surface area contributed by atoms with Crippen molar-refractivity contribution < 1.29 is 9.59 Å². The maximum Gasteiger partial charge on any atom is 0.287 e. The molecule has 2 amide bonds. The van der Waals surface area contributed by atoms with Crippen molar-refractivity contribution in [2.24, 2.45) is 0 Å². The van der Waals surface area contributed by atoms with E-state index in [-0.39, 0.29) is 17.9 Å². The van der Waals surface area contributed by atoms with E-state index in [2.05, 4.69) is 21.7 Å². The molecular weight excluding hydrogens is 352 g/mol. The van der Waals surface area contributed by atoms with Crippen LogP contribution in [0.25, 0.3) is 0 Å². The van der Waals surface area contributed by atoms with E-state index < -0.39 is 0 Å². The third-order valence-electron chi connectivity index (χ3n) is 6.34. The highest BCUT2D eigenvalue weighted by molar-refractivity contribution is 5.97. The van der Waals surface area contributed by atoms with Crippen LogP contribution in [0.2, 0.25) is 0 Å². The Bertz CT molecular complexity index is 759. The molecule has 0 spiro atoms. The van der Waals surface area contributed by atoms with E-state index in [4.69, 9.17) is 0 Å². The second kappa shape index (κ2) is 8.93. The Kier molecular flexibility index (Phi) is 6.13. The van der Waals surface area contributed by atoms with Gasteiger partial charge in [-0.15, -0.1) is 0 Å². The van der Waals surface area contributed by atoms with Gasteiger partial charge in [-0.1, -0.05) is 24.5 Å². The fourth-order valence-corrected chi connectivity index (χ4v) is 4.77. The van der Waals surface area contributed by atoms with Gasteiger partial charge in [0.2, 0.25) is 0 Å². The van der Waals surface area contributed by atoms with Crippen LogP contribution < -0.4 is 10.6 Å². The molecule has 0 aromatic carbocycles. The molecule has 2 N–H and O–H groups in total. The van der Waals surface area contributed by atoms with Gasteiger partial charge in [-0.25, -0.2) is 4.98 Å². The van der Waals surface area contributed by atoms with Crippen molar-refractivity contribution in [2.75, 3.05) is 6.54 Å². The Morgan fingerprint density at radius 1 is 1.04 bits per heavy atom. The minimum absolute atomic E-state index is 0.107. The number of hydrogen-bond acceptors (Lipinski definition) is 3. The first-order valence-corrected chi connectivity index (χ1v) is 11.1. The van der Waals surface area contributed by atoms with Crippen LogP contribution in [0.3, 0.4) is 0 Å². The Labute approximate surface area is 167 Å². The quantitative estimate of drug-likeness (QED) is 0.737. The molecule has 1 aromatic rings. The fourth-order valence-electron chi connectivity index (χ4n) is 4.77. The molecule has 0 saturated heterocycles. The van der Waals surface area contributed by atoms with E-state index in [0.29, 0.717) is 18.1 Å². The number of nitrogens with zero attached hydrogens (tertiary/aromatic N) is 2. The van der Waals surface area contributed by atoms with Crippen molar-refractivity contribution in [3.63, 3.8) is 0 Å². The number of hydrogen-bond donors (Lipinski definition) is 2. The van der Waals surface area contributed by atoms with Gasteiger partial charge in [0, 0.05) is 19.1 Å². The van der Waals surface area contributed by atoms with Crippen LogP contribution >= 0.6 is 0 Å². The van der Waals surface area contributed by atoms with E-state index in [9.17, 15) is 9.59 Å². The molecular formula is C22H32N4O2. The van der Waals surface area contributed by atoms with E-state index in [1.807, 2.05) is 4.57 Å². The van der Waals surface area contributed by atoms with Gasteiger partial charge >= 0.3 is 0 Å². The number of imidazole rings is 1. The molecule has 2 heterocycles. The van der Waals surface area contributed by atoms with Crippen LogP contribution in [-0.2, 0) is 13.0 Å². The van der Waals surface area contributed by atoms with Gasteiger partial charge in [-0.3, -0.25) is 9.59 Å². The van der Waals surface area contributed by atoms with Gasteiger partial charge in [-0.2, -0.15) is 0 Å². The van der Waals surface area contributed by atoms with Crippen molar-refractivity contribution in [1.82, 2.24) is 20.2 Å². The zero-order chi connectivity index (χ0) is 19.3. The van der Waals surface area contributed by atoms with Gasteiger partial charge in [0.1, 0.15) is 5.69 Å². The summed E-state index contributed by atoms with van der Waals surface area (Å²) in [4.78, 5) is 30.1. The van der Waals surface area contributed by atoms with E-state index >= 15 is 0 Å². The van der Waals surface area contributed by atoms with Gasteiger partial charge < -0.3 is 15.2 Å². The average Bonchev–Trinajstić information content (AvgIpc) is 3.36. The number of carbonyl (C=O) groups is 2. The normalized spacial score (nSPS) is 19.8. The third-order valence-corrected chi connectivity index (χ3v) is 6.34. The standard InChI is InChI=1S/C22H32N4O2/c27-21(24-17-10-4-5-11-17)19-18-12-6-7-15-26(18)20(25-19)22(28)23-14-13-16-8-2-1-3-9-16/h8,17H,1-7,9-15H2,(H,23,28)(H,24,27). The Morgan fingerprint density at radius 2 is 1.86 bits per heavy atom. The highest BCUT2D eigenvalue weighted by Gasteiger charge is 2.28. The van der Waals surface area contributed by atoms with Crippen LogP contribution in [0.5, 0.6) is 0 Å². The van der Waals surface area contributed by atoms with Gasteiger partial charge in [0.25, 0.3) is 11.8 Å². The van der Waals surface area contributed by atoms with Crippen molar-refractivity contribution in [3.8, 4) is 0 Å². The van der Waals surface area contributed by atoms with Crippen LogP contribution in [0, 0.1) is 0 Å². The highest BCUT2D eigenvalue weighted by Crippen LogP contribution is 2.23. The fraction of sp³-hybridized carbons (Fsp3) is 0.682. The number of carbonyl (C=O) groups excluding carboxylic acids is 2. The topological polar surface area (TPSA) is 76.0 Å². The van der Waals surface area contributed by atoms with E-state index in [0.717, 1.165) is 63.6 Å². The molecule has 0 radical (unpaired) electrons. The molecule has 2 aliphatic carbocycles. The lowest BCUT2D eigenvalue weighted by atomic mass is 9.97. The van der Waals surface area contributed by atoms with Crippen LogP contribution in [0.1, 0.15) is 97.4 Å². The third kappa shape index (κ3) is 4.31. The lowest BCUT2D eigenvalue weighted by molar-refractivity contribution is 0.0931. The summed E-state index contributed by atoms with van der Waals surface area (Å²) in [6.07, 6.45) is 15.4. The van der Waals surface area contributed by atoms with Gasteiger partial charge in [0.15, 0.2) is 5.82 Å². The second-order valence-corrected chi connectivity index (χ2v) is 8.41. The summed E-state index contributed by atoms with van der Waals surface area (Å²) in [5.74, 6) is 0.146. The molecule has 1 fully saturated rings.